The van der Waals surface area contributed by atoms with E-state index in [4.69, 9.17) is 11.6 Å². The van der Waals surface area contributed by atoms with Gasteiger partial charge in [0.2, 0.25) is 0 Å². The van der Waals surface area contributed by atoms with Crippen molar-refractivity contribution in [1.82, 2.24) is 14.5 Å². The molecular formula is C27H22ClF2N5O2. The molecule has 0 bridgehead atoms. The van der Waals surface area contributed by atoms with Crippen molar-refractivity contribution in [3.63, 3.8) is 0 Å². The van der Waals surface area contributed by atoms with Crippen LogP contribution in [0.2, 0.25) is 5.15 Å². The topological polar surface area (TPSA) is 85.4 Å². The molecule has 0 saturated carbocycles. The summed E-state index contributed by atoms with van der Waals surface area (Å²) in [6.07, 6.45) is 0. The maximum Gasteiger partial charge on any atom is 0.270 e. The highest BCUT2D eigenvalue weighted by atomic mass is 35.5. The van der Waals surface area contributed by atoms with E-state index in [2.05, 4.69) is 9.88 Å². The summed E-state index contributed by atoms with van der Waals surface area (Å²) < 4.78 is 28.8. The van der Waals surface area contributed by atoms with Crippen molar-refractivity contribution in [3.05, 3.63) is 98.4 Å². The number of anilines is 1. The Morgan fingerprint density at radius 3 is 2.35 bits per heavy atom. The van der Waals surface area contributed by atoms with Crippen LogP contribution in [0.3, 0.4) is 0 Å². The summed E-state index contributed by atoms with van der Waals surface area (Å²) in [4.78, 5) is 21.4. The Balaban J connectivity index is 1.53. The molecule has 10 heteroatoms. The van der Waals surface area contributed by atoms with E-state index >= 15 is 0 Å². The van der Waals surface area contributed by atoms with Gasteiger partial charge in [0.15, 0.2) is 0 Å². The van der Waals surface area contributed by atoms with E-state index < -0.39 is 17.4 Å². The van der Waals surface area contributed by atoms with E-state index in [0.717, 1.165) is 11.6 Å². The molecule has 2 aromatic heterocycles. The fraction of sp³-hybridized carbons (Fsp3) is 0.222. The number of benzene rings is 2. The van der Waals surface area contributed by atoms with Crippen LogP contribution in [0, 0.1) is 23.0 Å². The Labute approximate surface area is 216 Å². The van der Waals surface area contributed by atoms with Gasteiger partial charge in [0.25, 0.3) is 5.56 Å². The van der Waals surface area contributed by atoms with Gasteiger partial charge in [-0.2, -0.15) is 5.26 Å². The number of nitrogens with zero attached hydrogens (tertiary/aromatic N) is 5. The normalized spacial score (nSPS) is 15.1. The number of hydrogen-bond donors (Lipinski definition) is 1. The SMILES string of the molecule is Cn1c(=O)c(C#N)c(N2CCN(C(c3ccc(F)cc3)c3ccc(F)cc3O)CC2)c2nc(Cl)ccc21. The van der Waals surface area contributed by atoms with E-state index in [1.807, 2.05) is 11.0 Å². The Hall–Kier alpha value is -4.00. The number of phenolic OH excluding ortho intramolecular Hbond substituents is 1. The lowest BCUT2D eigenvalue weighted by Gasteiger charge is -2.41. The average Bonchev–Trinajstić information content (AvgIpc) is 2.89. The quantitative estimate of drug-likeness (QED) is 0.402. The summed E-state index contributed by atoms with van der Waals surface area (Å²) in [5.41, 5.74) is 2.26. The molecule has 7 nitrogen and oxygen atoms in total. The minimum Gasteiger partial charge on any atom is -0.507 e. The zero-order valence-corrected chi connectivity index (χ0v) is 20.6. The van der Waals surface area contributed by atoms with Crippen LogP contribution in [0.1, 0.15) is 22.7 Å². The summed E-state index contributed by atoms with van der Waals surface area (Å²) in [5.74, 6) is -1.14. The van der Waals surface area contributed by atoms with Gasteiger partial charge in [0, 0.05) is 44.9 Å². The highest BCUT2D eigenvalue weighted by molar-refractivity contribution is 6.29. The largest absolute Gasteiger partial charge is 0.507 e. The van der Waals surface area contributed by atoms with Crippen LogP contribution in [-0.2, 0) is 7.05 Å². The Kier molecular flexibility index (Phi) is 6.54. The van der Waals surface area contributed by atoms with E-state index in [-0.39, 0.29) is 22.3 Å². The van der Waals surface area contributed by atoms with Crippen LogP contribution in [0.5, 0.6) is 5.75 Å². The number of hydrogen-bond acceptors (Lipinski definition) is 6. The predicted octanol–water partition coefficient (Wildman–Crippen LogP) is 4.35. The summed E-state index contributed by atoms with van der Waals surface area (Å²) in [5, 5.41) is 20.7. The van der Waals surface area contributed by atoms with Crippen molar-refractivity contribution in [3.8, 4) is 11.8 Å². The maximum absolute atomic E-state index is 13.7. The van der Waals surface area contributed by atoms with Crippen molar-refractivity contribution in [1.29, 1.82) is 5.26 Å². The first-order valence-corrected chi connectivity index (χ1v) is 12.0. The standard InChI is InChI=1S/C27H22ClF2N5O2/c1-33-21-8-9-23(28)32-24(21)26(20(15-31)27(33)37)35-12-10-34(11-13-35)25(16-2-4-17(29)5-3-16)19-7-6-18(30)14-22(19)36/h2-9,14,25,36H,10-13H2,1H3. The third kappa shape index (κ3) is 4.50. The molecule has 0 amide bonds. The molecule has 4 aromatic rings. The molecule has 37 heavy (non-hydrogen) atoms. The average molecular weight is 522 g/mol. The number of halogens is 3. The van der Waals surface area contributed by atoms with Crippen LogP contribution in [0.4, 0.5) is 14.5 Å². The second kappa shape index (κ2) is 9.81. The second-order valence-electron chi connectivity index (χ2n) is 8.88. The molecule has 1 fully saturated rings. The fourth-order valence-electron chi connectivity index (χ4n) is 4.96. The molecule has 1 saturated heterocycles. The lowest BCUT2D eigenvalue weighted by molar-refractivity contribution is 0.209. The molecule has 5 rings (SSSR count). The highest BCUT2D eigenvalue weighted by Gasteiger charge is 2.31. The van der Waals surface area contributed by atoms with Crippen LogP contribution in [-0.4, -0.2) is 45.7 Å². The molecule has 188 valence electrons. The first kappa shape index (κ1) is 24.7. The maximum atomic E-state index is 13.7. The number of rotatable bonds is 4. The third-order valence-electron chi connectivity index (χ3n) is 6.76. The zero-order valence-electron chi connectivity index (χ0n) is 19.8. The number of pyridine rings is 2. The van der Waals surface area contributed by atoms with Gasteiger partial charge in [-0.1, -0.05) is 29.8 Å². The van der Waals surface area contributed by atoms with Gasteiger partial charge in [-0.3, -0.25) is 9.69 Å². The number of piperazine rings is 1. The molecule has 3 heterocycles. The molecule has 0 radical (unpaired) electrons. The number of fused-ring (bicyclic) bond motifs is 1. The second-order valence-corrected chi connectivity index (χ2v) is 9.27. The van der Waals surface area contributed by atoms with Crippen molar-refractivity contribution in [2.75, 3.05) is 31.1 Å². The molecule has 1 aliphatic rings. The number of phenols is 1. The Morgan fingerprint density at radius 1 is 1.03 bits per heavy atom. The zero-order chi connectivity index (χ0) is 26.3. The molecule has 1 atom stereocenters. The third-order valence-corrected chi connectivity index (χ3v) is 6.97. The molecule has 1 unspecified atom stereocenters. The van der Waals surface area contributed by atoms with Crippen LogP contribution in [0.15, 0.2) is 59.4 Å². The van der Waals surface area contributed by atoms with Gasteiger partial charge in [-0.25, -0.2) is 13.8 Å². The highest BCUT2D eigenvalue weighted by Crippen LogP contribution is 2.36. The van der Waals surface area contributed by atoms with Crippen LogP contribution >= 0.6 is 11.6 Å². The van der Waals surface area contributed by atoms with E-state index in [0.29, 0.717) is 48.5 Å². The van der Waals surface area contributed by atoms with Crippen molar-refractivity contribution >= 4 is 28.3 Å². The number of aromatic hydroxyl groups is 1. The summed E-state index contributed by atoms with van der Waals surface area (Å²) in [7, 11) is 1.59. The smallest absolute Gasteiger partial charge is 0.270 e. The lowest BCUT2D eigenvalue weighted by Crippen LogP contribution is -2.48. The van der Waals surface area contributed by atoms with E-state index in [1.54, 1.807) is 31.3 Å². The van der Waals surface area contributed by atoms with Gasteiger partial charge in [0.05, 0.1) is 17.2 Å². The van der Waals surface area contributed by atoms with Crippen molar-refractivity contribution in [2.45, 2.75) is 6.04 Å². The Morgan fingerprint density at radius 2 is 1.70 bits per heavy atom. The molecule has 0 spiro atoms. The fourth-order valence-corrected chi connectivity index (χ4v) is 5.11. The molecule has 0 aliphatic carbocycles. The van der Waals surface area contributed by atoms with Gasteiger partial charge < -0.3 is 14.6 Å². The number of nitriles is 1. The predicted molar refractivity (Wildman–Crippen MR) is 137 cm³/mol. The van der Waals surface area contributed by atoms with Crippen LogP contribution in [0.25, 0.3) is 11.0 Å². The Bertz CT molecular complexity index is 1590. The van der Waals surface area contributed by atoms with E-state index in [9.17, 15) is 23.9 Å². The monoisotopic (exact) mass is 521 g/mol. The minimum atomic E-state index is -0.559. The van der Waals surface area contributed by atoms with Gasteiger partial charge in [0.1, 0.15) is 39.7 Å². The molecule has 2 aromatic carbocycles. The molecular weight excluding hydrogens is 500 g/mol. The first-order valence-electron chi connectivity index (χ1n) is 11.6. The molecule has 1 N–H and O–H groups in total. The first-order chi connectivity index (χ1) is 17.8. The van der Waals surface area contributed by atoms with Crippen LogP contribution < -0.4 is 10.5 Å². The summed E-state index contributed by atoms with van der Waals surface area (Å²) in [6.45, 7) is 1.82. The van der Waals surface area contributed by atoms with Gasteiger partial charge >= 0.3 is 0 Å². The number of aromatic nitrogens is 2. The van der Waals surface area contributed by atoms with Crippen molar-refractivity contribution in [2.24, 2.45) is 7.05 Å². The van der Waals surface area contributed by atoms with Gasteiger partial charge in [-0.15, -0.1) is 0 Å². The summed E-state index contributed by atoms with van der Waals surface area (Å²) in [6, 6.07) is 14.7. The molecule has 1 aliphatic heterocycles. The van der Waals surface area contributed by atoms with E-state index in [1.165, 1.54) is 28.8 Å². The lowest BCUT2D eigenvalue weighted by atomic mass is 9.95. The van der Waals surface area contributed by atoms with Gasteiger partial charge in [-0.05, 0) is 35.9 Å². The van der Waals surface area contributed by atoms with Crippen molar-refractivity contribution < 1.29 is 13.9 Å². The minimum absolute atomic E-state index is 0.00974. The number of aryl methyl sites for hydroxylation is 1. The summed E-state index contributed by atoms with van der Waals surface area (Å²) >= 11 is 6.17.